The van der Waals surface area contributed by atoms with Crippen LogP contribution in [0.15, 0.2) is 29.2 Å². The first-order valence-electron chi connectivity index (χ1n) is 7.11. The van der Waals surface area contributed by atoms with Crippen LogP contribution in [0.3, 0.4) is 0 Å². The van der Waals surface area contributed by atoms with Gasteiger partial charge in [-0.25, -0.2) is 3.97 Å². The second-order valence-electron chi connectivity index (χ2n) is 5.53. The highest BCUT2D eigenvalue weighted by Gasteiger charge is 2.19. The predicted octanol–water partition coefficient (Wildman–Crippen LogP) is 3.98. The summed E-state index contributed by atoms with van der Waals surface area (Å²) in [5, 5.41) is 5.80. The molecule has 0 bridgehead atoms. The standard InChI is InChI=1S/C15H10Cl2FN5OS/c1-21-14(24)11-9(6-23(25-18)13(11)19-15(21)17)7-3-4-10-8(5-7)12(16)22(2)20-10/h3-6H,1-2H3. The van der Waals surface area contributed by atoms with Crippen molar-refractivity contribution < 1.29 is 3.89 Å². The number of benzene rings is 1. The van der Waals surface area contributed by atoms with Crippen LogP contribution in [0.4, 0.5) is 3.89 Å². The van der Waals surface area contributed by atoms with E-state index in [1.165, 1.54) is 21.8 Å². The van der Waals surface area contributed by atoms with Crippen molar-refractivity contribution in [1.29, 1.82) is 0 Å². The van der Waals surface area contributed by atoms with Gasteiger partial charge < -0.3 is 0 Å². The van der Waals surface area contributed by atoms with Crippen molar-refractivity contribution in [1.82, 2.24) is 23.3 Å². The summed E-state index contributed by atoms with van der Waals surface area (Å²) in [6.07, 6.45) is 1.52. The van der Waals surface area contributed by atoms with Crippen molar-refractivity contribution in [2.75, 3.05) is 0 Å². The Morgan fingerprint density at radius 1 is 1.24 bits per heavy atom. The van der Waals surface area contributed by atoms with Gasteiger partial charge in [0, 0.05) is 31.2 Å². The molecule has 0 N–H and O–H groups in total. The van der Waals surface area contributed by atoms with Crippen LogP contribution in [0.2, 0.25) is 10.4 Å². The average Bonchev–Trinajstić information content (AvgIpc) is 3.10. The Hall–Kier alpha value is -2.03. The van der Waals surface area contributed by atoms with E-state index in [0.29, 0.717) is 16.3 Å². The molecule has 3 heterocycles. The zero-order chi connectivity index (χ0) is 17.9. The van der Waals surface area contributed by atoms with Gasteiger partial charge in [0.2, 0.25) is 5.28 Å². The lowest BCUT2D eigenvalue weighted by atomic mass is 10.0. The van der Waals surface area contributed by atoms with Gasteiger partial charge in [-0.1, -0.05) is 17.7 Å². The normalized spacial score (nSPS) is 11.7. The third-order valence-corrected chi connectivity index (χ3v) is 5.30. The monoisotopic (exact) mass is 397 g/mol. The summed E-state index contributed by atoms with van der Waals surface area (Å²) < 4.78 is 17.3. The number of fused-ring (bicyclic) bond motifs is 2. The second-order valence-corrected chi connectivity index (χ2v) is 6.76. The average molecular weight is 398 g/mol. The molecule has 0 unspecified atom stereocenters. The first-order valence-corrected chi connectivity index (χ1v) is 8.54. The van der Waals surface area contributed by atoms with E-state index >= 15 is 0 Å². The van der Waals surface area contributed by atoms with E-state index in [2.05, 4.69) is 10.1 Å². The fourth-order valence-corrected chi connectivity index (χ4v) is 3.50. The molecule has 128 valence electrons. The Morgan fingerprint density at radius 2 is 2.00 bits per heavy atom. The highest BCUT2D eigenvalue weighted by molar-refractivity contribution is 7.92. The molecule has 0 radical (unpaired) electrons. The van der Waals surface area contributed by atoms with Crippen LogP contribution in [0.1, 0.15) is 0 Å². The minimum atomic E-state index is -0.352. The Labute approximate surface area is 155 Å². The highest BCUT2D eigenvalue weighted by atomic mass is 35.5. The maximum absolute atomic E-state index is 13.3. The molecule has 0 amide bonds. The van der Waals surface area contributed by atoms with Crippen molar-refractivity contribution >= 4 is 57.5 Å². The zero-order valence-corrected chi connectivity index (χ0v) is 15.3. The maximum atomic E-state index is 13.3. The van der Waals surface area contributed by atoms with Gasteiger partial charge in [-0.2, -0.15) is 10.1 Å². The molecule has 0 aliphatic rings. The van der Waals surface area contributed by atoms with E-state index in [9.17, 15) is 8.68 Å². The summed E-state index contributed by atoms with van der Waals surface area (Å²) in [6.45, 7) is 0. The van der Waals surface area contributed by atoms with Crippen LogP contribution in [-0.2, 0) is 14.1 Å². The van der Waals surface area contributed by atoms with Crippen LogP contribution < -0.4 is 5.56 Å². The molecule has 10 heteroatoms. The molecule has 0 aliphatic carbocycles. The van der Waals surface area contributed by atoms with E-state index < -0.39 is 0 Å². The number of aryl methyl sites for hydroxylation is 1. The molecule has 6 nitrogen and oxygen atoms in total. The molecule has 4 rings (SSSR count). The van der Waals surface area contributed by atoms with Gasteiger partial charge >= 0.3 is 0 Å². The topological polar surface area (TPSA) is 57.6 Å². The van der Waals surface area contributed by atoms with Crippen molar-refractivity contribution in [2.45, 2.75) is 0 Å². The lowest BCUT2D eigenvalue weighted by Gasteiger charge is -2.03. The van der Waals surface area contributed by atoms with Gasteiger partial charge in [-0.3, -0.25) is 14.0 Å². The van der Waals surface area contributed by atoms with E-state index in [4.69, 9.17) is 23.2 Å². The first kappa shape index (κ1) is 16.4. The lowest BCUT2D eigenvalue weighted by Crippen LogP contribution is -2.18. The quantitative estimate of drug-likeness (QED) is 0.480. The zero-order valence-electron chi connectivity index (χ0n) is 13.0. The molecule has 25 heavy (non-hydrogen) atoms. The van der Waals surface area contributed by atoms with Crippen LogP contribution >= 0.6 is 35.5 Å². The Kier molecular flexibility index (Phi) is 3.78. The minimum absolute atomic E-state index is 0.0109. The Morgan fingerprint density at radius 3 is 2.72 bits per heavy atom. The molecule has 0 spiro atoms. The molecular formula is C15H10Cl2FN5OS. The fourth-order valence-electron chi connectivity index (χ4n) is 2.81. The summed E-state index contributed by atoms with van der Waals surface area (Å²) in [7, 11) is 3.26. The van der Waals surface area contributed by atoms with Gasteiger partial charge in [0.15, 0.2) is 18.0 Å². The lowest BCUT2D eigenvalue weighted by molar-refractivity contribution is 0.780. The summed E-state index contributed by atoms with van der Waals surface area (Å²) in [5.74, 6) is 0. The molecule has 4 aromatic rings. The van der Waals surface area contributed by atoms with E-state index in [-0.39, 0.29) is 34.2 Å². The van der Waals surface area contributed by atoms with E-state index in [0.717, 1.165) is 10.9 Å². The van der Waals surface area contributed by atoms with Gasteiger partial charge in [0.05, 0.1) is 10.9 Å². The number of nitrogens with zero attached hydrogens (tertiary/aromatic N) is 5. The smallest absolute Gasteiger partial charge is 0.264 e. The van der Waals surface area contributed by atoms with Gasteiger partial charge in [-0.15, -0.1) is 3.89 Å². The van der Waals surface area contributed by atoms with Crippen LogP contribution in [0.25, 0.3) is 33.1 Å². The number of aromatic nitrogens is 5. The van der Waals surface area contributed by atoms with Crippen LogP contribution in [-0.4, -0.2) is 23.3 Å². The van der Waals surface area contributed by atoms with E-state index in [1.54, 1.807) is 17.8 Å². The minimum Gasteiger partial charge on any atom is -0.286 e. The second kappa shape index (κ2) is 5.76. The fraction of sp³-hybridized carbons (Fsp3) is 0.133. The highest BCUT2D eigenvalue weighted by Crippen LogP contribution is 2.34. The van der Waals surface area contributed by atoms with Crippen molar-refractivity contribution in [3.05, 3.63) is 45.2 Å². The van der Waals surface area contributed by atoms with Crippen LogP contribution in [0, 0.1) is 0 Å². The molecule has 0 saturated carbocycles. The SMILES string of the molecule is Cn1nc2ccc(-c3cn(SF)c4nc(Cl)n(C)c(=O)c34)cc2c1Cl. The summed E-state index contributed by atoms with van der Waals surface area (Å²) in [5.41, 5.74) is 1.81. The van der Waals surface area contributed by atoms with Gasteiger partial charge in [0.1, 0.15) is 5.15 Å². The number of halogens is 3. The molecular weight excluding hydrogens is 388 g/mol. The number of rotatable bonds is 2. The number of hydrogen-bond donors (Lipinski definition) is 0. The largest absolute Gasteiger partial charge is 0.286 e. The molecule has 3 aromatic heterocycles. The maximum Gasteiger partial charge on any atom is 0.264 e. The van der Waals surface area contributed by atoms with E-state index in [1.807, 2.05) is 12.1 Å². The van der Waals surface area contributed by atoms with Crippen molar-refractivity contribution in [2.24, 2.45) is 14.1 Å². The summed E-state index contributed by atoms with van der Waals surface area (Å²) in [4.78, 5) is 16.8. The predicted molar refractivity (Wildman–Crippen MR) is 98.8 cm³/mol. The van der Waals surface area contributed by atoms with Gasteiger partial charge in [-0.05, 0) is 29.3 Å². The first-order chi connectivity index (χ1) is 11.9. The summed E-state index contributed by atoms with van der Waals surface area (Å²) in [6, 6.07) is 5.43. The molecule has 1 aromatic carbocycles. The molecule has 0 aliphatic heterocycles. The third kappa shape index (κ3) is 2.36. The summed E-state index contributed by atoms with van der Waals surface area (Å²) >= 11 is 12.2. The number of hydrogen-bond acceptors (Lipinski definition) is 4. The molecule has 0 atom stereocenters. The molecule has 0 fully saturated rings. The van der Waals surface area contributed by atoms with Crippen LogP contribution in [0.5, 0.6) is 0 Å². The van der Waals surface area contributed by atoms with Gasteiger partial charge in [0.25, 0.3) is 5.56 Å². The Bertz CT molecular complexity index is 1210. The third-order valence-electron chi connectivity index (χ3n) is 4.09. The molecule has 0 saturated heterocycles. The van der Waals surface area contributed by atoms with Crippen molar-refractivity contribution in [3.8, 4) is 11.1 Å². The van der Waals surface area contributed by atoms with Crippen molar-refractivity contribution in [3.63, 3.8) is 0 Å². The Balaban J connectivity index is 2.09.